The van der Waals surface area contributed by atoms with Crippen molar-refractivity contribution in [3.8, 4) is 6.07 Å². The van der Waals surface area contributed by atoms with Crippen molar-refractivity contribution in [1.82, 2.24) is 5.01 Å². The zero-order valence-corrected chi connectivity index (χ0v) is 14.0. The molecule has 0 saturated heterocycles. The second-order valence-corrected chi connectivity index (χ2v) is 5.92. The van der Waals surface area contributed by atoms with Gasteiger partial charge in [0, 0.05) is 18.1 Å². The Bertz CT molecular complexity index is 872. The molecule has 120 valence electrons. The van der Waals surface area contributed by atoms with Gasteiger partial charge in [-0.2, -0.15) is 10.3 Å². The lowest BCUT2D eigenvalue weighted by atomic mass is 10.1. The molecule has 5 nitrogen and oxygen atoms in total. The number of benzene rings is 2. The van der Waals surface area contributed by atoms with Crippen molar-refractivity contribution in [2.24, 2.45) is 5.10 Å². The molecular formula is C17H11Cl2N3O2. The van der Waals surface area contributed by atoms with Gasteiger partial charge in [-0.3, -0.25) is 4.79 Å². The van der Waals surface area contributed by atoms with Crippen LogP contribution in [0.15, 0.2) is 47.6 Å². The molecule has 2 aromatic rings. The summed E-state index contributed by atoms with van der Waals surface area (Å²) in [5.74, 6) is 0.0282. The fourth-order valence-electron chi connectivity index (χ4n) is 2.25. The monoisotopic (exact) mass is 359 g/mol. The summed E-state index contributed by atoms with van der Waals surface area (Å²) in [5.41, 5.74) is 1.86. The number of rotatable bonds is 2. The van der Waals surface area contributed by atoms with E-state index in [2.05, 4.69) is 5.10 Å². The molecule has 1 heterocycles. The van der Waals surface area contributed by atoms with Crippen LogP contribution in [0, 0.1) is 11.3 Å². The van der Waals surface area contributed by atoms with Gasteiger partial charge in [-0.25, -0.2) is 0 Å². The minimum absolute atomic E-state index is 0.269. The highest BCUT2D eigenvalue weighted by molar-refractivity contribution is 6.42. The summed E-state index contributed by atoms with van der Waals surface area (Å²) in [4.78, 5) is 11.9. The third kappa shape index (κ3) is 3.07. The third-order valence-electron chi connectivity index (χ3n) is 3.46. The Labute approximate surface area is 148 Å². The Hall–Kier alpha value is -2.55. The highest BCUT2D eigenvalue weighted by Crippen LogP contribution is 2.33. The standard InChI is InChI=1S/C17H11Cl2N3O2/c1-10(23)22-17(13-6-7-14(18)15(19)8-13)24-16(21-22)12-4-2-11(9-20)3-5-12/h2-8,17H,1H3. The second-order valence-electron chi connectivity index (χ2n) is 5.10. The zero-order valence-electron chi connectivity index (χ0n) is 12.5. The summed E-state index contributed by atoms with van der Waals surface area (Å²) in [6.07, 6.45) is -0.720. The number of nitrogens with zero attached hydrogens (tertiary/aromatic N) is 3. The number of hydrazone groups is 1. The summed E-state index contributed by atoms with van der Waals surface area (Å²) in [7, 11) is 0. The van der Waals surface area contributed by atoms with E-state index in [0.29, 0.717) is 32.6 Å². The summed E-state index contributed by atoms with van der Waals surface area (Å²) in [6, 6.07) is 13.8. The lowest BCUT2D eigenvalue weighted by Gasteiger charge is -2.19. The van der Waals surface area contributed by atoms with Gasteiger partial charge in [-0.05, 0) is 36.4 Å². The van der Waals surface area contributed by atoms with Crippen LogP contribution in [0.5, 0.6) is 0 Å². The highest BCUT2D eigenvalue weighted by atomic mass is 35.5. The number of halogens is 2. The van der Waals surface area contributed by atoms with Crippen molar-refractivity contribution in [2.75, 3.05) is 0 Å². The Morgan fingerprint density at radius 2 is 1.92 bits per heavy atom. The number of hydrogen-bond donors (Lipinski definition) is 0. The lowest BCUT2D eigenvalue weighted by molar-refractivity contribution is -0.135. The van der Waals surface area contributed by atoms with Crippen molar-refractivity contribution < 1.29 is 9.53 Å². The molecule has 0 aliphatic carbocycles. The highest BCUT2D eigenvalue weighted by Gasteiger charge is 2.33. The van der Waals surface area contributed by atoms with Gasteiger partial charge in [0.05, 0.1) is 21.7 Å². The summed E-state index contributed by atoms with van der Waals surface area (Å²) in [6.45, 7) is 1.40. The second kappa shape index (κ2) is 6.52. The molecule has 0 radical (unpaired) electrons. The molecule has 1 atom stereocenters. The van der Waals surface area contributed by atoms with Crippen LogP contribution in [-0.4, -0.2) is 16.8 Å². The van der Waals surface area contributed by atoms with E-state index in [0.717, 1.165) is 0 Å². The summed E-state index contributed by atoms with van der Waals surface area (Å²) >= 11 is 12.0. The van der Waals surface area contributed by atoms with E-state index in [1.54, 1.807) is 42.5 Å². The predicted octanol–water partition coefficient (Wildman–Crippen LogP) is 4.10. The van der Waals surface area contributed by atoms with Crippen molar-refractivity contribution >= 4 is 35.0 Å². The van der Waals surface area contributed by atoms with Gasteiger partial charge in [-0.15, -0.1) is 5.10 Å². The van der Waals surface area contributed by atoms with E-state index < -0.39 is 6.23 Å². The largest absolute Gasteiger partial charge is 0.446 e. The van der Waals surface area contributed by atoms with E-state index in [1.807, 2.05) is 6.07 Å². The first kappa shape index (κ1) is 16.3. The number of nitriles is 1. The summed E-state index contributed by atoms with van der Waals surface area (Å²) in [5, 5.41) is 15.1. The van der Waals surface area contributed by atoms with Crippen molar-refractivity contribution in [1.29, 1.82) is 5.26 Å². The van der Waals surface area contributed by atoms with E-state index in [4.69, 9.17) is 33.2 Å². The molecule has 24 heavy (non-hydrogen) atoms. The van der Waals surface area contributed by atoms with Gasteiger partial charge < -0.3 is 4.74 Å². The molecule has 7 heteroatoms. The van der Waals surface area contributed by atoms with Crippen LogP contribution in [0.25, 0.3) is 0 Å². The quantitative estimate of drug-likeness (QED) is 0.810. The van der Waals surface area contributed by atoms with Gasteiger partial charge >= 0.3 is 0 Å². The summed E-state index contributed by atoms with van der Waals surface area (Å²) < 4.78 is 5.85. The number of amides is 1. The minimum Gasteiger partial charge on any atom is -0.446 e. The van der Waals surface area contributed by atoms with E-state index in [1.165, 1.54) is 11.9 Å². The Morgan fingerprint density at radius 1 is 1.21 bits per heavy atom. The Balaban J connectivity index is 1.94. The van der Waals surface area contributed by atoms with Gasteiger partial charge in [-0.1, -0.05) is 29.3 Å². The van der Waals surface area contributed by atoms with Crippen LogP contribution in [0.4, 0.5) is 0 Å². The fourth-order valence-corrected chi connectivity index (χ4v) is 2.56. The van der Waals surface area contributed by atoms with Crippen molar-refractivity contribution in [3.63, 3.8) is 0 Å². The third-order valence-corrected chi connectivity index (χ3v) is 4.20. The van der Waals surface area contributed by atoms with Crippen LogP contribution < -0.4 is 0 Å². The first-order valence-electron chi connectivity index (χ1n) is 7.00. The van der Waals surface area contributed by atoms with Gasteiger partial charge in [0.2, 0.25) is 18.0 Å². The lowest BCUT2D eigenvalue weighted by Crippen LogP contribution is -2.25. The van der Waals surface area contributed by atoms with Gasteiger partial charge in [0.15, 0.2) is 0 Å². The molecule has 0 fully saturated rings. The molecule has 1 amide bonds. The van der Waals surface area contributed by atoms with E-state index >= 15 is 0 Å². The number of carbonyl (C=O) groups excluding carboxylic acids is 1. The maximum atomic E-state index is 11.9. The zero-order chi connectivity index (χ0) is 17.3. The van der Waals surface area contributed by atoms with E-state index in [-0.39, 0.29) is 5.91 Å². The molecule has 0 bridgehead atoms. The minimum atomic E-state index is -0.720. The first-order chi connectivity index (χ1) is 11.5. The van der Waals surface area contributed by atoms with Crippen LogP contribution in [0.3, 0.4) is 0 Å². The molecular weight excluding hydrogens is 349 g/mol. The molecule has 1 unspecified atom stereocenters. The smallest absolute Gasteiger partial charge is 0.243 e. The molecule has 0 spiro atoms. The van der Waals surface area contributed by atoms with Gasteiger partial charge in [0.25, 0.3) is 0 Å². The van der Waals surface area contributed by atoms with Crippen molar-refractivity contribution in [2.45, 2.75) is 13.2 Å². The van der Waals surface area contributed by atoms with Crippen molar-refractivity contribution in [3.05, 3.63) is 69.2 Å². The van der Waals surface area contributed by atoms with E-state index in [9.17, 15) is 4.79 Å². The molecule has 3 rings (SSSR count). The average Bonchev–Trinajstić information content (AvgIpc) is 3.03. The molecule has 0 N–H and O–H groups in total. The Kier molecular flexibility index (Phi) is 4.43. The normalized spacial score (nSPS) is 16.3. The fraction of sp³-hybridized carbons (Fsp3) is 0.118. The molecule has 2 aromatic carbocycles. The SMILES string of the molecule is CC(=O)N1N=C(c2ccc(C#N)cc2)OC1c1ccc(Cl)c(Cl)c1. The number of ether oxygens (including phenoxy) is 1. The van der Waals surface area contributed by atoms with Crippen LogP contribution in [-0.2, 0) is 9.53 Å². The molecule has 0 aromatic heterocycles. The first-order valence-corrected chi connectivity index (χ1v) is 7.75. The topological polar surface area (TPSA) is 65.7 Å². The molecule has 1 aliphatic rings. The number of carbonyl (C=O) groups is 1. The number of hydrogen-bond acceptors (Lipinski definition) is 4. The molecule has 1 aliphatic heterocycles. The maximum Gasteiger partial charge on any atom is 0.243 e. The van der Waals surface area contributed by atoms with Crippen LogP contribution >= 0.6 is 23.2 Å². The van der Waals surface area contributed by atoms with Crippen LogP contribution in [0.2, 0.25) is 10.0 Å². The van der Waals surface area contributed by atoms with Crippen LogP contribution in [0.1, 0.15) is 29.8 Å². The molecule has 0 saturated carbocycles. The predicted molar refractivity (Wildman–Crippen MR) is 90.5 cm³/mol. The maximum absolute atomic E-state index is 11.9. The average molecular weight is 360 g/mol. The van der Waals surface area contributed by atoms with Gasteiger partial charge in [0.1, 0.15) is 0 Å². The Morgan fingerprint density at radius 3 is 2.50 bits per heavy atom.